The van der Waals surface area contributed by atoms with Crippen molar-refractivity contribution in [3.63, 3.8) is 0 Å². The average Bonchev–Trinajstić information content (AvgIpc) is 2.62. The van der Waals surface area contributed by atoms with E-state index >= 15 is 0 Å². The minimum absolute atomic E-state index is 0.00279. The van der Waals surface area contributed by atoms with E-state index in [-0.39, 0.29) is 29.8 Å². The lowest BCUT2D eigenvalue weighted by Gasteiger charge is -2.26. The predicted octanol–water partition coefficient (Wildman–Crippen LogP) is 3.20. The van der Waals surface area contributed by atoms with Gasteiger partial charge in [0.2, 0.25) is 15.9 Å². The molecule has 26 heavy (non-hydrogen) atoms. The van der Waals surface area contributed by atoms with Gasteiger partial charge in [0.1, 0.15) is 0 Å². The summed E-state index contributed by atoms with van der Waals surface area (Å²) in [5.74, 6) is -0.166. The maximum atomic E-state index is 12.2. The zero-order valence-electron chi connectivity index (χ0n) is 14.2. The Bertz CT molecular complexity index is 899. The molecule has 0 bridgehead atoms. The summed E-state index contributed by atoms with van der Waals surface area (Å²) in [6, 6.07) is 14.1. The molecule has 1 amide bonds. The van der Waals surface area contributed by atoms with Gasteiger partial charge >= 0.3 is 0 Å². The van der Waals surface area contributed by atoms with Gasteiger partial charge in [0.15, 0.2) is 0 Å². The van der Waals surface area contributed by atoms with Gasteiger partial charge in [-0.15, -0.1) is 0 Å². The van der Waals surface area contributed by atoms with E-state index in [4.69, 9.17) is 11.6 Å². The molecule has 0 aliphatic heterocycles. The van der Waals surface area contributed by atoms with Crippen LogP contribution in [0.3, 0.4) is 0 Å². The Kier molecular flexibility index (Phi) is 5.96. The molecule has 2 aromatic rings. The Balaban J connectivity index is 1.54. The van der Waals surface area contributed by atoms with Crippen LogP contribution in [0, 0.1) is 0 Å². The second kappa shape index (κ2) is 8.20. The van der Waals surface area contributed by atoms with Gasteiger partial charge in [-0.1, -0.05) is 41.9 Å². The smallest absolute Gasteiger partial charge is 0.240 e. The Morgan fingerprint density at radius 1 is 1.15 bits per heavy atom. The number of hydrogen-bond donors (Lipinski definition) is 2. The lowest BCUT2D eigenvalue weighted by atomic mass is 9.88. The number of halogens is 1. The molecule has 0 saturated carbocycles. The van der Waals surface area contributed by atoms with Crippen molar-refractivity contribution in [2.75, 3.05) is 6.54 Å². The molecule has 1 unspecified atom stereocenters. The molecule has 0 spiro atoms. The fourth-order valence-corrected chi connectivity index (χ4v) is 4.52. The monoisotopic (exact) mass is 392 g/mol. The van der Waals surface area contributed by atoms with Crippen molar-refractivity contribution in [1.29, 1.82) is 0 Å². The van der Waals surface area contributed by atoms with Crippen molar-refractivity contribution < 1.29 is 13.2 Å². The van der Waals surface area contributed by atoms with Crippen molar-refractivity contribution in [3.05, 3.63) is 64.7 Å². The van der Waals surface area contributed by atoms with Gasteiger partial charge in [0, 0.05) is 18.0 Å². The summed E-state index contributed by atoms with van der Waals surface area (Å²) in [6.45, 7) is 0.0368. The van der Waals surface area contributed by atoms with E-state index in [0.29, 0.717) is 5.02 Å². The third-order valence-electron chi connectivity index (χ3n) is 4.46. The summed E-state index contributed by atoms with van der Waals surface area (Å²) in [5.41, 5.74) is 2.43. The van der Waals surface area contributed by atoms with Gasteiger partial charge in [0.25, 0.3) is 0 Å². The SMILES string of the molecule is O=C(CCNS(=O)(=O)c1cccc(Cl)c1)NC1CCCc2ccccc21. The zero-order valence-corrected chi connectivity index (χ0v) is 15.8. The largest absolute Gasteiger partial charge is 0.349 e. The van der Waals surface area contributed by atoms with Gasteiger partial charge in [-0.25, -0.2) is 13.1 Å². The molecular formula is C19H21ClN2O3S. The molecular weight excluding hydrogens is 372 g/mol. The number of sulfonamides is 1. The summed E-state index contributed by atoms with van der Waals surface area (Å²) in [4.78, 5) is 12.3. The minimum atomic E-state index is -3.67. The molecule has 5 nitrogen and oxygen atoms in total. The highest BCUT2D eigenvalue weighted by Crippen LogP contribution is 2.29. The van der Waals surface area contributed by atoms with Crippen LogP contribution in [0.25, 0.3) is 0 Å². The Hall–Kier alpha value is -1.89. The van der Waals surface area contributed by atoms with E-state index in [1.807, 2.05) is 18.2 Å². The molecule has 3 rings (SSSR count). The van der Waals surface area contributed by atoms with E-state index in [0.717, 1.165) is 24.8 Å². The summed E-state index contributed by atoms with van der Waals surface area (Å²) >= 11 is 5.83. The maximum Gasteiger partial charge on any atom is 0.240 e. The number of carbonyl (C=O) groups is 1. The molecule has 2 aromatic carbocycles. The van der Waals surface area contributed by atoms with E-state index in [9.17, 15) is 13.2 Å². The van der Waals surface area contributed by atoms with Crippen LogP contribution in [0.4, 0.5) is 0 Å². The Morgan fingerprint density at radius 2 is 1.96 bits per heavy atom. The molecule has 7 heteroatoms. The van der Waals surface area contributed by atoms with Crippen molar-refractivity contribution in [1.82, 2.24) is 10.0 Å². The highest BCUT2D eigenvalue weighted by Gasteiger charge is 2.21. The highest BCUT2D eigenvalue weighted by atomic mass is 35.5. The summed E-state index contributed by atoms with van der Waals surface area (Å²) in [6.07, 6.45) is 3.04. The molecule has 2 N–H and O–H groups in total. The third-order valence-corrected chi connectivity index (χ3v) is 6.15. The number of hydrogen-bond acceptors (Lipinski definition) is 3. The molecule has 1 aliphatic carbocycles. The van der Waals surface area contributed by atoms with Crippen LogP contribution < -0.4 is 10.0 Å². The third kappa shape index (κ3) is 4.63. The first-order valence-corrected chi connectivity index (χ1v) is 10.4. The van der Waals surface area contributed by atoms with Crippen LogP contribution in [0.2, 0.25) is 5.02 Å². The number of amides is 1. The molecule has 0 radical (unpaired) electrons. The van der Waals surface area contributed by atoms with Crippen molar-refractivity contribution in [3.8, 4) is 0 Å². The number of nitrogens with one attached hydrogen (secondary N) is 2. The summed E-state index contributed by atoms with van der Waals surface area (Å²) < 4.78 is 26.9. The van der Waals surface area contributed by atoms with Crippen LogP contribution in [0.1, 0.15) is 36.4 Å². The molecule has 0 aromatic heterocycles. The van der Waals surface area contributed by atoms with Gasteiger partial charge in [-0.05, 0) is 48.6 Å². The number of rotatable bonds is 6. The predicted molar refractivity (Wildman–Crippen MR) is 102 cm³/mol. The topological polar surface area (TPSA) is 75.3 Å². The number of carbonyl (C=O) groups excluding carboxylic acids is 1. The molecule has 1 aliphatic rings. The fraction of sp³-hybridized carbons (Fsp3) is 0.316. The number of aryl methyl sites for hydroxylation is 1. The quantitative estimate of drug-likeness (QED) is 0.792. The van der Waals surface area contributed by atoms with Gasteiger partial charge in [-0.2, -0.15) is 0 Å². The standard InChI is InChI=1S/C19H21ClN2O3S/c20-15-7-4-8-16(13-15)26(24,25)21-12-11-19(23)22-18-10-3-6-14-5-1-2-9-17(14)18/h1-2,4-5,7-9,13,18,21H,3,6,10-12H2,(H,22,23). The van der Waals surface area contributed by atoms with Crippen LogP contribution in [0.5, 0.6) is 0 Å². The first kappa shape index (κ1) is 18.9. The summed E-state index contributed by atoms with van der Waals surface area (Å²) in [5, 5.41) is 3.36. The fourth-order valence-electron chi connectivity index (χ4n) is 3.19. The number of benzene rings is 2. The molecule has 138 valence electrons. The van der Waals surface area contributed by atoms with E-state index in [2.05, 4.69) is 16.1 Å². The van der Waals surface area contributed by atoms with Crippen molar-refractivity contribution in [2.45, 2.75) is 36.6 Å². The van der Waals surface area contributed by atoms with Gasteiger partial charge in [0.05, 0.1) is 10.9 Å². The second-order valence-electron chi connectivity index (χ2n) is 6.32. The van der Waals surface area contributed by atoms with Gasteiger partial charge in [-0.3, -0.25) is 4.79 Å². The van der Waals surface area contributed by atoms with E-state index in [1.54, 1.807) is 12.1 Å². The normalized spacial score (nSPS) is 16.7. The zero-order chi connectivity index (χ0) is 18.6. The second-order valence-corrected chi connectivity index (χ2v) is 8.52. The maximum absolute atomic E-state index is 12.2. The van der Waals surface area contributed by atoms with Crippen LogP contribution in [-0.2, 0) is 21.2 Å². The van der Waals surface area contributed by atoms with E-state index < -0.39 is 10.0 Å². The molecule has 0 fully saturated rings. The van der Waals surface area contributed by atoms with Gasteiger partial charge < -0.3 is 5.32 Å². The van der Waals surface area contributed by atoms with Crippen LogP contribution in [-0.4, -0.2) is 20.9 Å². The van der Waals surface area contributed by atoms with Crippen LogP contribution >= 0.6 is 11.6 Å². The Morgan fingerprint density at radius 3 is 2.77 bits per heavy atom. The van der Waals surface area contributed by atoms with E-state index in [1.165, 1.54) is 17.7 Å². The molecule has 1 atom stereocenters. The minimum Gasteiger partial charge on any atom is -0.349 e. The van der Waals surface area contributed by atoms with Crippen molar-refractivity contribution >= 4 is 27.5 Å². The highest BCUT2D eigenvalue weighted by molar-refractivity contribution is 7.89. The summed E-state index contributed by atoms with van der Waals surface area (Å²) in [7, 11) is -3.67. The first-order valence-electron chi connectivity index (χ1n) is 8.58. The molecule has 0 saturated heterocycles. The van der Waals surface area contributed by atoms with Crippen LogP contribution in [0.15, 0.2) is 53.4 Å². The average molecular weight is 393 g/mol. The number of fused-ring (bicyclic) bond motifs is 1. The lowest BCUT2D eigenvalue weighted by molar-refractivity contribution is -0.121. The van der Waals surface area contributed by atoms with Crippen molar-refractivity contribution in [2.24, 2.45) is 0 Å². The lowest BCUT2D eigenvalue weighted by Crippen LogP contribution is -2.34. The first-order chi connectivity index (χ1) is 12.5. The molecule has 0 heterocycles. The Labute approximate surface area is 158 Å².